The van der Waals surface area contributed by atoms with Crippen LogP contribution in [-0.2, 0) is 9.59 Å². The zero-order valence-electron chi connectivity index (χ0n) is 9.34. The lowest BCUT2D eigenvalue weighted by Gasteiger charge is -2.13. The summed E-state index contributed by atoms with van der Waals surface area (Å²) in [6.45, 7) is 1.69. The maximum atomic E-state index is 11.9. The summed E-state index contributed by atoms with van der Waals surface area (Å²) in [6, 6.07) is 6.38. The Balaban J connectivity index is 2.10. The van der Waals surface area contributed by atoms with Crippen molar-refractivity contribution in [2.24, 2.45) is 0 Å². The van der Waals surface area contributed by atoms with E-state index in [2.05, 4.69) is 5.32 Å². The minimum absolute atomic E-state index is 0.261. The van der Waals surface area contributed by atoms with E-state index >= 15 is 0 Å². The van der Waals surface area contributed by atoms with Crippen LogP contribution in [0.1, 0.15) is 18.4 Å². The van der Waals surface area contributed by atoms with Crippen molar-refractivity contribution in [3.05, 3.63) is 29.8 Å². The van der Waals surface area contributed by atoms with Crippen molar-refractivity contribution in [2.75, 3.05) is 6.61 Å². The number of carbonyl (C=O) groups is 2. The maximum Gasteiger partial charge on any atom is 0.325 e. The van der Waals surface area contributed by atoms with Gasteiger partial charge in [0.25, 0.3) is 0 Å². The van der Waals surface area contributed by atoms with Crippen LogP contribution >= 0.6 is 0 Å². The summed E-state index contributed by atoms with van der Waals surface area (Å²) in [7, 11) is 0. The second kappa shape index (κ2) is 4.45. The molecule has 1 aromatic rings. The molecule has 1 amide bonds. The Hall–Kier alpha value is -2.04. The molecular formula is C12H13NO4. The van der Waals surface area contributed by atoms with E-state index in [1.807, 2.05) is 18.2 Å². The van der Waals surface area contributed by atoms with Gasteiger partial charge in [-0.25, -0.2) is 0 Å². The van der Waals surface area contributed by atoms with Crippen molar-refractivity contribution in [3.63, 3.8) is 0 Å². The zero-order chi connectivity index (χ0) is 12.4. The predicted molar refractivity (Wildman–Crippen MR) is 59.9 cm³/mol. The van der Waals surface area contributed by atoms with E-state index in [0.717, 1.165) is 5.56 Å². The molecule has 2 unspecified atom stereocenters. The lowest BCUT2D eigenvalue weighted by Crippen LogP contribution is -2.41. The molecule has 2 rings (SSSR count). The molecule has 0 bridgehead atoms. The van der Waals surface area contributed by atoms with E-state index in [4.69, 9.17) is 9.84 Å². The predicted octanol–water partition coefficient (Wildman–Crippen LogP) is 0.752. The fourth-order valence-corrected chi connectivity index (χ4v) is 1.76. The van der Waals surface area contributed by atoms with Crippen molar-refractivity contribution in [2.45, 2.75) is 18.9 Å². The van der Waals surface area contributed by atoms with Gasteiger partial charge in [-0.3, -0.25) is 9.59 Å². The summed E-state index contributed by atoms with van der Waals surface area (Å²) >= 11 is 0. The standard InChI is InChI=1S/C12H13NO4/c1-7(12(15)16)13-11(14)9-6-17-10-5-3-2-4-8(9)10/h2-5,7,9H,6H2,1H3,(H,13,14)(H,15,16). The van der Waals surface area contributed by atoms with Gasteiger partial charge in [-0.2, -0.15) is 0 Å². The molecule has 5 heteroatoms. The molecule has 0 fully saturated rings. The van der Waals surface area contributed by atoms with Crippen LogP contribution < -0.4 is 10.1 Å². The molecule has 1 heterocycles. The van der Waals surface area contributed by atoms with Gasteiger partial charge in [0.2, 0.25) is 5.91 Å². The largest absolute Gasteiger partial charge is 0.492 e. The van der Waals surface area contributed by atoms with Gasteiger partial charge < -0.3 is 15.2 Å². The van der Waals surface area contributed by atoms with Gasteiger partial charge in [0.05, 0.1) is 0 Å². The molecule has 0 aromatic heterocycles. The number of para-hydroxylation sites is 1. The molecule has 2 N–H and O–H groups in total. The average Bonchev–Trinajstić information content (AvgIpc) is 2.72. The van der Waals surface area contributed by atoms with Gasteiger partial charge in [0, 0.05) is 5.56 Å². The van der Waals surface area contributed by atoms with Gasteiger partial charge >= 0.3 is 5.97 Å². The topological polar surface area (TPSA) is 75.6 Å². The van der Waals surface area contributed by atoms with E-state index in [1.165, 1.54) is 6.92 Å². The average molecular weight is 235 g/mol. The number of hydrogen-bond acceptors (Lipinski definition) is 3. The van der Waals surface area contributed by atoms with Crippen LogP contribution in [0.5, 0.6) is 5.75 Å². The number of nitrogens with one attached hydrogen (secondary N) is 1. The summed E-state index contributed by atoms with van der Waals surface area (Å²) in [6.07, 6.45) is 0. The Morgan fingerprint density at radius 1 is 1.47 bits per heavy atom. The number of carbonyl (C=O) groups excluding carboxylic acids is 1. The second-order valence-electron chi connectivity index (χ2n) is 3.97. The first-order chi connectivity index (χ1) is 8.09. The molecule has 17 heavy (non-hydrogen) atoms. The fourth-order valence-electron chi connectivity index (χ4n) is 1.76. The van der Waals surface area contributed by atoms with Gasteiger partial charge in [0.15, 0.2) is 0 Å². The van der Waals surface area contributed by atoms with E-state index in [0.29, 0.717) is 5.75 Å². The summed E-state index contributed by atoms with van der Waals surface area (Å²) in [5.41, 5.74) is 0.808. The van der Waals surface area contributed by atoms with Gasteiger partial charge in [-0.15, -0.1) is 0 Å². The molecule has 1 aromatic carbocycles. The molecule has 1 aliphatic heterocycles. The van der Waals surface area contributed by atoms with Crippen LogP contribution in [0.15, 0.2) is 24.3 Å². The minimum Gasteiger partial charge on any atom is -0.492 e. The van der Waals surface area contributed by atoms with Crippen molar-refractivity contribution < 1.29 is 19.4 Å². The van der Waals surface area contributed by atoms with Crippen molar-refractivity contribution in [1.82, 2.24) is 5.32 Å². The summed E-state index contributed by atoms with van der Waals surface area (Å²) in [4.78, 5) is 22.5. The monoisotopic (exact) mass is 235 g/mol. The van der Waals surface area contributed by atoms with Crippen LogP contribution in [0.2, 0.25) is 0 Å². The van der Waals surface area contributed by atoms with E-state index < -0.39 is 17.9 Å². The molecule has 0 aliphatic carbocycles. The van der Waals surface area contributed by atoms with Crippen LogP contribution in [0.4, 0.5) is 0 Å². The summed E-state index contributed by atoms with van der Waals surface area (Å²) in [5.74, 6) is -1.10. The van der Waals surface area contributed by atoms with Crippen LogP contribution in [0.25, 0.3) is 0 Å². The molecule has 0 radical (unpaired) electrons. The maximum absolute atomic E-state index is 11.9. The number of carboxylic acid groups (broad SMARTS) is 1. The molecule has 0 spiro atoms. The number of amides is 1. The van der Waals surface area contributed by atoms with E-state index in [9.17, 15) is 9.59 Å². The highest BCUT2D eigenvalue weighted by Crippen LogP contribution is 2.33. The quantitative estimate of drug-likeness (QED) is 0.810. The highest BCUT2D eigenvalue weighted by molar-refractivity contribution is 5.89. The molecule has 2 atom stereocenters. The Bertz CT molecular complexity index is 458. The number of carboxylic acids is 1. The van der Waals surface area contributed by atoms with Crippen LogP contribution in [0, 0.1) is 0 Å². The smallest absolute Gasteiger partial charge is 0.325 e. The van der Waals surface area contributed by atoms with Crippen LogP contribution in [-0.4, -0.2) is 29.6 Å². The number of benzene rings is 1. The molecule has 1 aliphatic rings. The lowest BCUT2D eigenvalue weighted by molar-refractivity contribution is -0.141. The molecule has 5 nitrogen and oxygen atoms in total. The number of rotatable bonds is 3. The third-order valence-electron chi connectivity index (χ3n) is 2.75. The SMILES string of the molecule is CC(NC(=O)C1COc2ccccc21)C(=O)O. The molecule has 0 saturated carbocycles. The molecule has 90 valence electrons. The third kappa shape index (κ3) is 2.22. The number of aliphatic carboxylic acids is 1. The molecule has 0 saturated heterocycles. The Kier molecular flexibility index (Phi) is 2.99. The highest BCUT2D eigenvalue weighted by Gasteiger charge is 2.31. The summed E-state index contributed by atoms with van der Waals surface area (Å²) in [5, 5.41) is 11.2. The normalized spacial score (nSPS) is 19.0. The fraction of sp³-hybridized carbons (Fsp3) is 0.333. The van der Waals surface area contributed by atoms with Gasteiger partial charge in [-0.1, -0.05) is 18.2 Å². The third-order valence-corrected chi connectivity index (χ3v) is 2.75. The van der Waals surface area contributed by atoms with Crippen molar-refractivity contribution in [3.8, 4) is 5.75 Å². The van der Waals surface area contributed by atoms with E-state index in [-0.39, 0.29) is 12.5 Å². The first-order valence-electron chi connectivity index (χ1n) is 5.34. The number of hydrogen-bond donors (Lipinski definition) is 2. The van der Waals surface area contributed by atoms with E-state index in [1.54, 1.807) is 6.07 Å². The number of fused-ring (bicyclic) bond motifs is 1. The Morgan fingerprint density at radius 3 is 2.88 bits per heavy atom. The van der Waals surface area contributed by atoms with Gasteiger partial charge in [-0.05, 0) is 13.0 Å². The summed E-state index contributed by atoms with van der Waals surface area (Å²) < 4.78 is 5.37. The van der Waals surface area contributed by atoms with Crippen molar-refractivity contribution >= 4 is 11.9 Å². The molecular weight excluding hydrogens is 222 g/mol. The zero-order valence-corrected chi connectivity index (χ0v) is 9.34. The lowest BCUT2D eigenvalue weighted by atomic mass is 10.0. The minimum atomic E-state index is -1.05. The first kappa shape index (κ1) is 11.4. The van der Waals surface area contributed by atoms with Crippen molar-refractivity contribution in [1.29, 1.82) is 0 Å². The Labute approximate surface area is 98.4 Å². The Morgan fingerprint density at radius 2 is 2.18 bits per heavy atom. The second-order valence-corrected chi connectivity index (χ2v) is 3.97. The first-order valence-corrected chi connectivity index (χ1v) is 5.34. The number of ether oxygens (including phenoxy) is 1. The van der Waals surface area contributed by atoms with Crippen LogP contribution in [0.3, 0.4) is 0 Å². The van der Waals surface area contributed by atoms with Gasteiger partial charge in [0.1, 0.15) is 24.3 Å². The highest BCUT2D eigenvalue weighted by atomic mass is 16.5.